The predicted molar refractivity (Wildman–Crippen MR) is 68.4 cm³/mol. The van der Waals surface area contributed by atoms with Crippen LogP contribution >= 0.6 is 11.6 Å². The molecule has 1 aromatic carbocycles. The van der Waals surface area contributed by atoms with Crippen LogP contribution in [0.3, 0.4) is 0 Å². The fourth-order valence-corrected chi connectivity index (χ4v) is 2.10. The van der Waals surface area contributed by atoms with Gasteiger partial charge in [0.25, 0.3) is 0 Å². The van der Waals surface area contributed by atoms with E-state index in [0.29, 0.717) is 27.9 Å². The quantitative estimate of drug-likeness (QED) is 0.681. The van der Waals surface area contributed by atoms with Crippen LogP contribution in [0.1, 0.15) is 0 Å². The Kier molecular flexibility index (Phi) is 2.16. The van der Waals surface area contributed by atoms with Gasteiger partial charge in [-0.15, -0.1) is 0 Å². The number of halogens is 1. The lowest BCUT2D eigenvalue weighted by Gasteiger charge is -1.97. The minimum absolute atomic E-state index is 0.240. The smallest absolute Gasteiger partial charge is 0.247 e. The van der Waals surface area contributed by atoms with Gasteiger partial charge in [0.15, 0.2) is 11.5 Å². The first-order valence-electron chi connectivity index (χ1n) is 5.62. The zero-order valence-corrected chi connectivity index (χ0v) is 10.3. The van der Waals surface area contributed by atoms with Gasteiger partial charge in [0.2, 0.25) is 18.4 Å². The summed E-state index contributed by atoms with van der Waals surface area (Å²) in [5.74, 6) is 1.88. The standard InChI is InChI=1S/C13H7ClN2O3/c14-8-4-9-13(15-5-8)19-12(16-9)7-1-2-10-11(3-7)18-6-17-10/h1-5H,6H2. The van der Waals surface area contributed by atoms with Crippen molar-refractivity contribution in [3.63, 3.8) is 0 Å². The average molecular weight is 275 g/mol. The summed E-state index contributed by atoms with van der Waals surface area (Å²) in [7, 11) is 0. The first-order valence-corrected chi connectivity index (χ1v) is 5.99. The van der Waals surface area contributed by atoms with E-state index in [-0.39, 0.29) is 6.79 Å². The van der Waals surface area contributed by atoms with E-state index in [9.17, 15) is 0 Å². The van der Waals surface area contributed by atoms with Crippen molar-refractivity contribution in [2.45, 2.75) is 0 Å². The molecule has 0 N–H and O–H groups in total. The second-order valence-electron chi connectivity index (χ2n) is 4.06. The summed E-state index contributed by atoms with van der Waals surface area (Å²) >= 11 is 5.87. The summed E-state index contributed by atoms with van der Waals surface area (Å²) in [6.45, 7) is 0.240. The van der Waals surface area contributed by atoms with Crippen molar-refractivity contribution in [1.29, 1.82) is 0 Å². The van der Waals surface area contributed by atoms with Crippen molar-refractivity contribution in [1.82, 2.24) is 9.97 Å². The molecule has 2 aromatic heterocycles. The SMILES string of the molecule is Clc1cnc2oc(-c3ccc4c(c3)OCO4)nc2c1. The van der Waals surface area contributed by atoms with Crippen LogP contribution in [0, 0.1) is 0 Å². The van der Waals surface area contributed by atoms with Gasteiger partial charge in [0.1, 0.15) is 5.52 Å². The molecule has 0 aliphatic carbocycles. The third kappa shape index (κ3) is 1.70. The molecule has 0 unspecified atom stereocenters. The lowest BCUT2D eigenvalue weighted by molar-refractivity contribution is 0.174. The summed E-state index contributed by atoms with van der Waals surface area (Å²) in [6, 6.07) is 7.23. The molecule has 1 aliphatic rings. The molecular weight excluding hydrogens is 268 g/mol. The van der Waals surface area contributed by atoms with Gasteiger partial charge in [0.05, 0.1) is 5.02 Å². The average Bonchev–Trinajstić information content (AvgIpc) is 3.02. The molecule has 0 saturated heterocycles. The Morgan fingerprint density at radius 2 is 2.00 bits per heavy atom. The maximum absolute atomic E-state index is 5.87. The number of oxazole rings is 1. The van der Waals surface area contributed by atoms with Gasteiger partial charge < -0.3 is 13.9 Å². The summed E-state index contributed by atoms with van der Waals surface area (Å²) < 4.78 is 16.2. The molecule has 0 saturated carbocycles. The van der Waals surface area contributed by atoms with Gasteiger partial charge >= 0.3 is 0 Å². The van der Waals surface area contributed by atoms with Crippen LogP contribution in [0.2, 0.25) is 5.02 Å². The summed E-state index contributed by atoms with van der Waals surface area (Å²) in [5.41, 5.74) is 1.88. The first-order chi connectivity index (χ1) is 9.29. The number of rotatable bonds is 1. The van der Waals surface area contributed by atoms with E-state index in [0.717, 1.165) is 11.3 Å². The Balaban J connectivity index is 1.85. The van der Waals surface area contributed by atoms with Crippen LogP contribution in [0.4, 0.5) is 0 Å². The Morgan fingerprint density at radius 3 is 2.95 bits per heavy atom. The van der Waals surface area contributed by atoms with E-state index < -0.39 is 0 Å². The number of hydrogen-bond acceptors (Lipinski definition) is 5. The van der Waals surface area contributed by atoms with Crippen molar-refractivity contribution < 1.29 is 13.9 Å². The molecule has 6 heteroatoms. The van der Waals surface area contributed by atoms with Crippen LogP contribution in [0.25, 0.3) is 22.7 Å². The topological polar surface area (TPSA) is 57.4 Å². The number of nitrogens with zero attached hydrogens (tertiary/aromatic N) is 2. The number of ether oxygens (including phenoxy) is 2. The molecular formula is C13H7ClN2O3. The van der Waals surface area contributed by atoms with Crippen molar-refractivity contribution in [3.05, 3.63) is 35.5 Å². The van der Waals surface area contributed by atoms with Crippen molar-refractivity contribution in [2.24, 2.45) is 0 Å². The minimum atomic E-state index is 0.240. The van der Waals surface area contributed by atoms with Crippen LogP contribution in [0.15, 0.2) is 34.9 Å². The molecule has 0 bridgehead atoms. The van der Waals surface area contributed by atoms with Gasteiger partial charge in [-0.25, -0.2) is 9.97 Å². The first kappa shape index (κ1) is 10.6. The highest BCUT2D eigenvalue weighted by atomic mass is 35.5. The van der Waals surface area contributed by atoms with Crippen LogP contribution in [0.5, 0.6) is 11.5 Å². The van der Waals surface area contributed by atoms with Gasteiger partial charge in [-0.3, -0.25) is 0 Å². The molecule has 1 aliphatic heterocycles. The van der Waals surface area contributed by atoms with Gasteiger partial charge in [0, 0.05) is 11.8 Å². The minimum Gasteiger partial charge on any atom is -0.454 e. The molecule has 3 aromatic rings. The molecule has 4 rings (SSSR count). The van der Waals surface area contributed by atoms with Crippen LogP contribution in [-0.4, -0.2) is 16.8 Å². The second-order valence-corrected chi connectivity index (χ2v) is 4.50. The van der Waals surface area contributed by atoms with Gasteiger partial charge in [-0.05, 0) is 24.3 Å². The Morgan fingerprint density at radius 1 is 1.11 bits per heavy atom. The maximum atomic E-state index is 5.87. The lowest BCUT2D eigenvalue weighted by atomic mass is 10.2. The second kappa shape index (κ2) is 3.86. The Labute approximate surface area is 112 Å². The Bertz CT molecular complexity index is 785. The number of benzene rings is 1. The van der Waals surface area contributed by atoms with Crippen molar-refractivity contribution in [3.8, 4) is 23.0 Å². The maximum Gasteiger partial charge on any atom is 0.247 e. The van der Waals surface area contributed by atoms with E-state index in [2.05, 4.69) is 9.97 Å². The number of hydrogen-bond donors (Lipinski definition) is 0. The fourth-order valence-electron chi connectivity index (χ4n) is 1.95. The molecule has 0 fully saturated rings. The third-order valence-corrected chi connectivity index (χ3v) is 3.04. The predicted octanol–water partition coefficient (Wildman–Crippen LogP) is 3.27. The summed E-state index contributed by atoms with van der Waals surface area (Å²) in [5, 5.41) is 0.526. The highest BCUT2D eigenvalue weighted by Gasteiger charge is 2.16. The molecule has 0 spiro atoms. The zero-order valence-electron chi connectivity index (χ0n) is 9.59. The summed E-state index contributed by atoms with van der Waals surface area (Å²) in [6.07, 6.45) is 1.53. The molecule has 94 valence electrons. The molecule has 5 nitrogen and oxygen atoms in total. The van der Waals surface area contributed by atoms with E-state index in [1.165, 1.54) is 6.20 Å². The van der Waals surface area contributed by atoms with Crippen LogP contribution in [-0.2, 0) is 0 Å². The van der Waals surface area contributed by atoms with Gasteiger partial charge in [-0.1, -0.05) is 11.6 Å². The van der Waals surface area contributed by atoms with E-state index >= 15 is 0 Å². The highest BCUT2D eigenvalue weighted by molar-refractivity contribution is 6.30. The lowest BCUT2D eigenvalue weighted by Crippen LogP contribution is -1.92. The third-order valence-electron chi connectivity index (χ3n) is 2.83. The molecule has 19 heavy (non-hydrogen) atoms. The number of pyridine rings is 1. The van der Waals surface area contributed by atoms with E-state index in [1.807, 2.05) is 18.2 Å². The normalized spacial score (nSPS) is 13.1. The molecule has 0 radical (unpaired) electrons. The highest BCUT2D eigenvalue weighted by Crippen LogP contribution is 2.36. The van der Waals surface area contributed by atoms with Crippen molar-refractivity contribution >= 4 is 22.8 Å². The fraction of sp³-hybridized carbons (Fsp3) is 0.0769. The van der Waals surface area contributed by atoms with E-state index in [1.54, 1.807) is 6.07 Å². The molecule has 0 atom stereocenters. The zero-order chi connectivity index (χ0) is 12.8. The number of fused-ring (bicyclic) bond motifs is 2. The number of aromatic nitrogens is 2. The van der Waals surface area contributed by atoms with E-state index in [4.69, 9.17) is 25.5 Å². The summed E-state index contributed by atoms with van der Waals surface area (Å²) in [4.78, 5) is 8.44. The van der Waals surface area contributed by atoms with Crippen LogP contribution < -0.4 is 9.47 Å². The van der Waals surface area contributed by atoms with Gasteiger partial charge in [-0.2, -0.15) is 0 Å². The van der Waals surface area contributed by atoms with Crippen molar-refractivity contribution in [2.75, 3.05) is 6.79 Å². The monoisotopic (exact) mass is 274 g/mol. The molecule has 0 amide bonds. The Hall–Kier alpha value is -2.27. The largest absolute Gasteiger partial charge is 0.454 e. The molecule has 3 heterocycles.